The third kappa shape index (κ3) is 4.69. The van der Waals surface area contributed by atoms with Crippen molar-refractivity contribution in [3.8, 4) is 0 Å². The molecule has 19 heavy (non-hydrogen) atoms. The Labute approximate surface area is 115 Å². The Hall–Kier alpha value is -1.91. The van der Waals surface area contributed by atoms with E-state index in [0.717, 1.165) is 18.9 Å². The smallest absolute Gasteiger partial charge is 0.150 e. The predicted molar refractivity (Wildman–Crippen MR) is 80.3 cm³/mol. The van der Waals surface area contributed by atoms with Crippen molar-refractivity contribution in [3.05, 3.63) is 30.4 Å². The molecule has 1 aromatic heterocycles. The summed E-state index contributed by atoms with van der Waals surface area (Å²) in [6, 6.07) is 0. The van der Waals surface area contributed by atoms with Crippen LogP contribution in [0.5, 0.6) is 0 Å². The molecule has 5 nitrogen and oxygen atoms in total. The van der Waals surface area contributed by atoms with Crippen molar-refractivity contribution in [3.63, 3.8) is 0 Å². The van der Waals surface area contributed by atoms with Crippen LogP contribution in [0.1, 0.15) is 27.2 Å². The highest BCUT2D eigenvalue weighted by molar-refractivity contribution is 6.03. The van der Waals surface area contributed by atoms with Crippen LogP contribution in [0.25, 0.3) is 0 Å². The zero-order valence-corrected chi connectivity index (χ0v) is 12.2. The first-order valence-corrected chi connectivity index (χ1v) is 6.72. The Balaban J connectivity index is 0.000000861. The zero-order valence-electron chi connectivity index (χ0n) is 12.2. The Morgan fingerprint density at radius 1 is 1.37 bits per heavy atom. The van der Waals surface area contributed by atoms with Gasteiger partial charge < -0.3 is 10.2 Å². The van der Waals surface area contributed by atoms with Gasteiger partial charge in [0.05, 0.1) is 6.20 Å². The minimum atomic E-state index is 0.709. The van der Waals surface area contributed by atoms with Crippen LogP contribution in [-0.4, -0.2) is 40.8 Å². The van der Waals surface area contributed by atoms with Crippen LogP contribution in [0.2, 0.25) is 0 Å². The van der Waals surface area contributed by atoms with E-state index < -0.39 is 0 Å². The van der Waals surface area contributed by atoms with E-state index in [4.69, 9.17) is 0 Å². The van der Waals surface area contributed by atoms with Crippen LogP contribution in [0.4, 0.5) is 5.82 Å². The molecule has 1 aliphatic heterocycles. The minimum absolute atomic E-state index is 0.709. The number of rotatable bonds is 3. The van der Waals surface area contributed by atoms with Gasteiger partial charge in [0.15, 0.2) is 0 Å². The molecule has 0 aromatic carbocycles. The van der Waals surface area contributed by atoms with Gasteiger partial charge in [-0.25, -0.2) is 4.98 Å². The molecule has 1 aliphatic rings. The van der Waals surface area contributed by atoms with Crippen LogP contribution in [0, 0.1) is 0 Å². The van der Waals surface area contributed by atoms with Crippen LogP contribution < -0.4 is 5.32 Å². The zero-order chi connectivity index (χ0) is 14.1. The molecule has 1 N–H and O–H groups in total. The number of aromatic nitrogens is 2. The summed E-state index contributed by atoms with van der Waals surface area (Å²) in [7, 11) is 1.76. The monoisotopic (exact) mass is 261 g/mol. The number of nitrogens with one attached hydrogen (secondary N) is 1. The van der Waals surface area contributed by atoms with Crippen molar-refractivity contribution in [2.75, 3.05) is 25.5 Å². The molecule has 0 spiro atoms. The third-order valence-corrected chi connectivity index (χ3v) is 2.76. The SMILES string of the molecule is CC.CN=C(/C=C(\C)N1CCC1)Nc1cnccn1. The maximum atomic E-state index is 4.20. The van der Waals surface area contributed by atoms with E-state index in [0.29, 0.717) is 5.82 Å². The van der Waals surface area contributed by atoms with Crippen LogP contribution in [-0.2, 0) is 0 Å². The van der Waals surface area contributed by atoms with Gasteiger partial charge in [-0.3, -0.25) is 9.98 Å². The highest BCUT2D eigenvalue weighted by Crippen LogP contribution is 2.13. The van der Waals surface area contributed by atoms with Crippen molar-refractivity contribution >= 4 is 11.7 Å². The van der Waals surface area contributed by atoms with Gasteiger partial charge in [-0.1, -0.05) is 13.8 Å². The molecule has 5 heteroatoms. The Morgan fingerprint density at radius 3 is 2.58 bits per heavy atom. The second-order valence-corrected chi connectivity index (χ2v) is 3.95. The fraction of sp³-hybridized carbons (Fsp3) is 0.500. The first kappa shape index (κ1) is 15.1. The minimum Gasteiger partial charge on any atom is -0.375 e. The molecule has 0 bridgehead atoms. The van der Waals surface area contributed by atoms with Crippen molar-refractivity contribution in [1.82, 2.24) is 14.9 Å². The largest absolute Gasteiger partial charge is 0.375 e. The van der Waals surface area contributed by atoms with E-state index in [-0.39, 0.29) is 0 Å². The molecule has 0 atom stereocenters. The summed E-state index contributed by atoms with van der Waals surface area (Å²) < 4.78 is 0. The van der Waals surface area contributed by atoms with E-state index >= 15 is 0 Å². The number of hydrogen-bond donors (Lipinski definition) is 1. The van der Waals surface area contributed by atoms with Gasteiger partial charge >= 0.3 is 0 Å². The van der Waals surface area contributed by atoms with E-state index in [2.05, 4.69) is 32.1 Å². The standard InChI is InChI=1S/C12H17N5.C2H6/c1-10(17-6-3-7-17)8-11(13-2)16-12-9-14-4-5-15-12;1-2/h4-5,8-9H,3,6-7H2,1-2H3,(H,13,15,16);1-2H3/b10-8+;. The summed E-state index contributed by atoms with van der Waals surface area (Å²) in [4.78, 5) is 14.7. The lowest BCUT2D eigenvalue weighted by Crippen LogP contribution is -2.35. The molecule has 1 fully saturated rings. The maximum Gasteiger partial charge on any atom is 0.150 e. The number of amidine groups is 1. The Kier molecular flexibility index (Phi) is 6.57. The second kappa shape index (κ2) is 8.24. The first-order valence-electron chi connectivity index (χ1n) is 6.72. The second-order valence-electron chi connectivity index (χ2n) is 3.95. The molecular formula is C14H23N5. The molecule has 104 valence electrons. The lowest BCUT2D eigenvalue weighted by atomic mass is 10.2. The van der Waals surface area contributed by atoms with Gasteiger partial charge in [0.2, 0.25) is 0 Å². The molecule has 0 saturated carbocycles. The lowest BCUT2D eigenvalue weighted by Gasteiger charge is -2.33. The van der Waals surface area contributed by atoms with Crippen LogP contribution in [0.3, 0.4) is 0 Å². The number of allylic oxidation sites excluding steroid dienone is 1. The molecule has 2 heterocycles. The quantitative estimate of drug-likeness (QED) is 0.671. The van der Waals surface area contributed by atoms with E-state index in [1.54, 1.807) is 25.6 Å². The summed E-state index contributed by atoms with van der Waals surface area (Å²) in [6.45, 7) is 8.39. The molecule has 0 radical (unpaired) electrons. The molecule has 0 unspecified atom stereocenters. The number of likely N-dealkylation sites (tertiary alicyclic amines) is 1. The molecular weight excluding hydrogens is 238 g/mol. The fourth-order valence-electron chi connectivity index (χ4n) is 1.61. The van der Waals surface area contributed by atoms with Crippen LogP contribution in [0.15, 0.2) is 35.4 Å². The van der Waals surface area contributed by atoms with Crippen molar-refractivity contribution in [2.45, 2.75) is 27.2 Å². The van der Waals surface area contributed by atoms with E-state index in [1.807, 2.05) is 19.9 Å². The molecule has 0 aliphatic carbocycles. The summed E-state index contributed by atoms with van der Waals surface area (Å²) in [6.07, 6.45) is 8.30. The highest BCUT2D eigenvalue weighted by atomic mass is 15.2. The van der Waals surface area contributed by atoms with E-state index in [9.17, 15) is 0 Å². The van der Waals surface area contributed by atoms with Crippen LogP contribution >= 0.6 is 0 Å². The maximum absolute atomic E-state index is 4.20. The average Bonchev–Trinajstić information content (AvgIpc) is 2.39. The Bertz CT molecular complexity index is 421. The van der Waals surface area contributed by atoms with Gasteiger partial charge in [0.1, 0.15) is 11.7 Å². The lowest BCUT2D eigenvalue weighted by molar-refractivity contribution is 0.239. The molecule has 0 amide bonds. The van der Waals surface area contributed by atoms with Gasteiger partial charge in [0.25, 0.3) is 0 Å². The van der Waals surface area contributed by atoms with E-state index in [1.165, 1.54) is 12.1 Å². The topological polar surface area (TPSA) is 53.4 Å². The average molecular weight is 261 g/mol. The molecule has 1 saturated heterocycles. The third-order valence-electron chi connectivity index (χ3n) is 2.76. The summed E-state index contributed by atoms with van der Waals surface area (Å²) in [5.74, 6) is 1.51. The van der Waals surface area contributed by atoms with Crippen molar-refractivity contribution in [2.24, 2.45) is 4.99 Å². The summed E-state index contributed by atoms with van der Waals surface area (Å²) >= 11 is 0. The number of hydrogen-bond acceptors (Lipinski definition) is 4. The normalized spacial score (nSPS) is 15.3. The summed E-state index contributed by atoms with van der Waals surface area (Å²) in [5, 5.41) is 3.14. The first-order chi connectivity index (χ1) is 9.29. The van der Waals surface area contributed by atoms with Crippen molar-refractivity contribution in [1.29, 1.82) is 0 Å². The number of aliphatic imine (C=N–C) groups is 1. The van der Waals surface area contributed by atoms with Gasteiger partial charge in [-0.2, -0.15) is 0 Å². The van der Waals surface area contributed by atoms with Gasteiger partial charge in [-0.15, -0.1) is 0 Å². The predicted octanol–water partition coefficient (Wildman–Crippen LogP) is 2.55. The number of nitrogens with zero attached hydrogens (tertiary/aromatic N) is 4. The van der Waals surface area contributed by atoms with Crippen molar-refractivity contribution < 1.29 is 0 Å². The fourth-order valence-corrected chi connectivity index (χ4v) is 1.61. The molecule has 1 aromatic rings. The van der Waals surface area contributed by atoms with Gasteiger partial charge in [-0.05, 0) is 19.4 Å². The highest BCUT2D eigenvalue weighted by Gasteiger charge is 2.13. The molecule has 2 rings (SSSR count). The Morgan fingerprint density at radius 2 is 2.11 bits per heavy atom. The van der Waals surface area contributed by atoms with Gasteiger partial charge in [0, 0.05) is 38.2 Å². The summed E-state index contributed by atoms with van der Waals surface area (Å²) in [5.41, 5.74) is 1.23. The number of anilines is 1.